The molecule has 0 N–H and O–H groups in total. The average molecular weight is 421 g/mol. The van der Waals surface area contributed by atoms with Gasteiger partial charge in [-0.05, 0) is 18.2 Å². The molecule has 150 valence electrons. The van der Waals surface area contributed by atoms with E-state index in [0.29, 0.717) is 16.1 Å². The van der Waals surface area contributed by atoms with E-state index < -0.39 is 17.8 Å². The topological polar surface area (TPSA) is 76.3 Å². The van der Waals surface area contributed by atoms with Crippen LogP contribution < -0.4 is 10.3 Å². The number of carbonyl (C=O) groups excluding carboxylic acids is 1. The molecule has 0 saturated carbocycles. The quantitative estimate of drug-likeness (QED) is 0.481. The molecule has 1 aliphatic rings. The predicted octanol–water partition coefficient (Wildman–Crippen LogP) is 4.66. The maximum atomic E-state index is 14.8. The first kappa shape index (κ1) is 18.6. The van der Waals surface area contributed by atoms with Gasteiger partial charge in [0.15, 0.2) is 5.43 Å². The molecular formula is C22H16FN3O3S. The van der Waals surface area contributed by atoms with Crippen LogP contribution in [0.1, 0.15) is 52.5 Å². The van der Waals surface area contributed by atoms with Gasteiger partial charge in [0.05, 0.1) is 10.9 Å². The summed E-state index contributed by atoms with van der Waals surface area (Å²) in [6.07, 6.45) is 0. The Kier molecular flexibility index (Phi) is 4.25. The Hall–Kier alpha value is -3.39. The number of halogens is 1. The van der Waals surface area contributed by atoms with E-state index in [-0.39, 0.29) is 28.2 Å². The van der Waals surface area contributed by atoms with Crippen molar-refractivity contribution >= 4 is 33.3 Å². The summed E-state index contributed by atoms with van der Waals surface area (Å²) in [5.41, 5.74) is 0.270. The van der Waals surface area contributed by atoms with Crippen molar-refractivity contribution in [2.75, 3.05) is 4.90 Å². The summed E-state index contributed by atoms with van der Waals surface area (Å²) in [5.74, 6) is -1.03. The first-order chi connectivity index (χ1) is 14.5. The lowest BCUT2D eigenvalue weighted by molar-refractivity contribution is 0.0970. The van der Waals surface area contributed by atoms with Gasteiger partial charge < -0.3 is 4.42 Å². The second-order valence-electron chi connectivity index (χ2n) is 7.35. The number of benzene rings is 2. The van der Waals surface area contributed by atoms with Crippen molar-refractivity contribution in [3.05, 3.63) is 86.5 Å². The number of nitrogens with zero attached hydrogens (tertiary/aromatic N) is 3. The Morgan fingerprint density at radius 3 is 2.53 bits per heavy atom. The molecule has 0 spiro atoms. The van der Waals surface area contributed by atoms with Crippen LogP contribution in [0.15, 0.2) is 57.7 Å². The molecular weight excluding hydrogens is 405 g/mol. The van der Waals surface area contributed by atoms with Gasteiger partial charge in [0.25, 0.3) is 5.91 Å². The predicted molar refractivity (Wildman–Crippen MR) is 112 cm³/mol. The van der Waals surface area contributed by atoms with Crippen molar-refractivity contribution < 1.29 is 13.6 Å². The summed E-state index contributed by atoms with van der Waals surface area (Å²) in [6, 6.07) is 11.8. The minimum Gasteiger partial charge on any atom is -0.450 e. The zero-order chi connectivity index (χ0) is 21.0. The first-order valence-electron chi connectivity index (χ1n) is 9.44. The Balaban J connectivity index is 1.81. The summed E-state index contributed by atoms with van der Waals surface area (Å²) >= 11 is 1.24. The number of aromatic nitrogens is 2. The van der Waals surface area contributed by atoms with Crippen molar-refractivity contribution in [1.82, 2.24) is 10.2 Å². The monoisotopic (exact) mass is 421 g/mol. The largest absolute Gasteiger partial charge is 0.450 e. The van der Waals surface area contributed by atoms with Crippen LogP contribution in [0.25, 0.3) is 11.0 Å². The molecule has 3 heterocycles. The molecule has 4 aromatic rings. The molecule has 0 radical (unpaired) electrons. The fourth-order valence-corrected chi connectivity index (χ4v) is 4.54. The molecule has 0 fully saturated rings. The van der Waals surface area contributed by atoms with Crippen LogP contribution in [0.5, 0.6) is 0 Å². The van der Waals surface area contributed by atoms with Crippen molar-refractivity contribution in [3.63, 3.8) is 0 Å². The zero-order valence-corrected chi connectivity index (χ0v) is 16.9. The van der Waals surface area contributed by atoms with E-state index in [0.717, 1.165) is 5.01 Å². The lowest BCUT2D eigenvalue weighted by atomic mass is 9.98. The highest BCUT2D eigenvalue weighted by Gasteiger charge is 2.46. The zero-order valence-electron chi connectivity index (χ0n) is 16.1. The fraction of sp³-hybridized carbons (Fsp3) is 0.182. The van der Waals surface area contributed by atoms with Crippen LogP contribution >= 0.6 is 11.3 Å². The minimum atomic E-state index is -0.984. The van der Waals surface area contributed by atoms with Crippen molar-refractivity contribution in [3.8, 4) is 0 Å². The fourth-order valence-electron chi connectivity index (χ4n) is 3.67. The molecule has 1 amide bonds. The molecule has 2 aromatic carbocycles. The van der Waals surface area contributed by atoms with Gasteiger partial charge >= 0.3 is 0 Å². The second kappa shape index (κ2) is 6.84. The van der Waals surface area contributed by atoms with Gasteiger partial charge in [-0.2, -0.15) is 0 Å². The van der Waals surface area contributed by atoms with Crippen LogP contribution in [0.4, 0.5) is 9.52 Å². The number of hydrogen-bond donors (Lipinski definition) is 0. The van der Waals surface area contributed by atoms with Gasteiger partial charge in [-0.15, -0.1) is 10.2 Å². The molecule has 1 aliphatic heterocycles. The summed E-state index contributed by atoms with van der Waals surface area (Å²) in [6.45, 7) is 3.94. The van der Waals surface area contributed by atoms with Crippen molar-refractivity contribution in [2.24, 2.45) is 0 Å². The minimum absolute atomic E-state index is 0.0896. The lowest BCUT2D eigenvalue weighted by Gasteiger charge is -2.22. The van der Waals surface area contributed by atoms with E-state index in [4.69, 9.17) is 4.42 Å². The first-order valence-corrected chi connectivity index (χ1v) is 10.3. The molecule has 0 unspecified atom stereocenters. The number of anilines is 1. The maximum absolute atomic E-state index is 14.8. The smallest absolute Gasteiger partial charge is 0.297 e. The van der Waals surface area contributed by atoms with Crippen molar-refractivity contribution in [2.45, 2.75) is 25.8 Å². The van der Waals surface area contributed by atoms with E-state index in [1.165, 1.54) is 22.3 Å². The molecule has 2 aromatic heterocycles. The second-order valence-corrected chi connectivity index (χ2v) is 8.33. The van der Waals surface area contributed by atoms with Gasteiger partial charge in [-0.25, -0.2) is 4.39 Å². The Morgan fingerprint density at radius 2 is 1.80 bits per heavy atom. The van der Waals surface area contributed by atoms with Gasteiger partial charge in [0.2, 0.25) is 10.9 Å². The number of fused-ring (bicyclic) bond motifs is 2. The summed E-state index contributed by atoms with van der Waals surface area (Å²) in [7, 11) is 0. The van der Waals surface area contributed by atoms with E-state index >= 15 is 0 Å². The van der Waals surface area contributed by atoms with E-state index in [1.54, 1.807) is 42.5 Å². The summed E-state index contributed by atoms with van der Waals surface area (Å²) < 4.78 is 20.7. The third-order valence-corrected chi connectivity index (χ3v) is 6.33. The van der Waals surface area contributed by atoms with Crippen LogP contribution in [0.2, 0.25) is 0 Å². The van der Waals surface area contributed by atoms with Gasteiger partial charge in [-0.1, -0.05) is 55.5 Å². The number of para-hydroxylation sites is 1. The summed E-state index contributed by atoms with van der Waals surface area (Å²) in [5, 5.41) is 9.70. The van der Waals surface area contributed by atoms with Crippen LogP contribution in [-0.4, -0.2) is 16.1 Å². The molecule has 0 saturated heterocycles. The molecule has 0 bridgehead atoms. The molecule has 1 atom stereocenters. The highest BCUT2D eigenvalue weighted by Crippen LogP contribution is 2.43. The third-order valence-electron chi connectivity index (χ3n) is 5.11. The van der Waals surface area contributed by atoms with Gasteiger partial charge in [0.1, 0.15) is 22.4 Å². The van der Waals surface area contributed by atoms with Crippen LogP contribution in [-0.2, 0) is 0 Å². The molecule has 8 heteroatoms. The summed E-state index contributed by atoms with van der Waals surface area (Å²) in [4.78, 5) is 28.1. The highest BCUT2D eigenvalue weighted by atomic mass is 32.1. The number of amides is 1. The number of rotatable bonds is 3. The standard InChI is InChI=1S/C22H16FN3O3S/c1-11(2)20-24-25-22(30-20)26-17(12-7-3-5-9-14(12)23)16-18(27)13-8-4-6-10-15(13)29-19(16)21(26)28/h3-11,17H,1-2H3/t17-/m0/s1. The lowest BCUT2D eigenvalue weighted by Crippen LogP contribution is -2.30. The van der Waals surface area contributed by atoms with E-state index in [1.807, 2.05) is 13.8 Å². The van der Waals surface area contributed by atoms with E-state index in [9.17, 15) is 14.0 Å². The average Bonchev–Trinajstić information content (AvgIpc) is 3.32. The van der Waals surface area contributed by atoms with Crippen LogP contribution in [0.3, 0.4) is 0 Å². The van der Waals surface area contributed by atoms with Gasteiger partial charge in [-0.3, -0.25) is 14.5 Å². The number of carbonyl (C=O) groups is 1. The Morgan fingerprint density at radius 1 is 1.07 bits per heavy atom. The maximum Gasteiger partial charge on any atom is 0.297 e. The van der Waals surface area contributed by atoms with Gasteiger partial charge in [0, 0.05) is 11.5 Å². The molecule has 5 rings (SSSR count). The Labute approximate surface area is 174 Å². The normalized spacial score (nSPS) is 15.9. The third kappa shape index (κ3) is 2.68. The highest BCUT2D eigenvalue weighted by molar-refractivity contribution is 7.15. The van der Waals surface area contributed by atoms with E-state index in [2.05, 4.69) is 10.2 Å². The molecule has 30 heavy (non-hydrogen) atoms. The molecule has 0 aliphatic carbocycles. The SMILES string of the molecule is CC(C)c1nnc(N2C(=O)c3oc4ccccc4c(=O)c3[C@@H]2c2ccccc2F)s1. The molecule has 6 nitrogen and oxygen atoms in total. The van der Waals surface area contributed by atoms with Crippen LogP contribution in [0, 0.1) is 5.82 Å². The number of hydrogen-bond acceptors (Lipinski definition) is 6. The Bertz CT molecular complexity index is 1360. The van der Waals surface area contributed by atoms with Crippen molar-refractivity contribution in [1.29, 1.82) is 0 Å².